The molecular weight excluding hydrogens is 361 g/mol. The summed E-state index contributed by atoms with van der Waals surface area (Å²) in [4.78, 5) is 12.7. The number of benzene rings is 2. The third-order valence-corrected chi connectivity index (χ3v) is 4.77. The summed E-state index contributed by atoms with van der Waals surface area (Å²) in [6, 6.07) is 13.6. The molecule has 0 fully saturated rings. The first-order valence-corrected chi connectivity index (χ1v) is 9.98. The number of carbonyl (C=O) groups excluding carboxylic acids is 1. The highest BCUT2D eigenvalue weighted by Crippen LogP contribution is 2.21. The zero-order chi connectivity index (χ0) is 21.4. The molecule has 0 aliphatic carbocycles. The smallest absolute Gasteiger partial charge is 0.255 e. The van der Waals surface area contributed by atoms with Gasteiger partial charge in [-0.2, -0.15) is 0 Å². The summed E-state index contributed by atoms with van der Waals surface area (Å²) in [5.41, 5.74) is 5.55. The van der Waals surface area contributed by atoms with Crippen LogP contribution in [0, 0.1) is 11.7 Å². The molecule has 0 bridgehead atoms. The molecule has 3 heteroatoms. The van der Waals surface area contributed by atoms with Gasteiger partial charge in [0.15, 0.2) is 0 Å². The number of allylic oxidation sites excluding steroid dienone is 4. The Hall–Kier alpha value is -2.94. The Kier molecular flexibility index (Phi) is 8.14. The third kappa shape index (κ3) is 6.86. The lowest BCUT2D eigenvalue weighted by Gasteiger charge is -2.11. The minimum Gasteiger partial charge on any atom is -0.322 e. The molecule has 0 heterocycles. The van der Waals surface area contributed by atoms with Gasteiger partial charge in [0.1, 0.15) is 5.82 Å². The van der Waals surface area contributed by atoms with Crippen molar-refractivity contribution in [2.24, 2.45) is 5.92 Å². The first-order valence-electron chi connectivity index (χ1n) is 9.98. The van der Waals surface area contributed by atoms with Crippen LogP contribution in [0.4, 0.5) is 4.39 Å². The van der Waals surface area contributed by atoms with Crippen LogP contribution in [-0.2, 0) is 0 Å². The zero-order valence-electron chi connectivity index (χ0n) is 17.8. The van der Waals surface area contributed by atoms with Crippen LogP contribution in [0.2, 0.25) is 0 Å². The Morgan fingerprint density at radius 2 is 1.59 bits per heavy atom. The van der Waals surface area contributed by atoms with Crippen molar-refractivity contribution in [3.8, 4) is 11.1 Å². The molecule has 0 spiro atoms. The first-order chi connectivity index (χ1) is 13.8. The van der Waals surface area contributed by atoms with Crippen LogP contribution < -0.4 is 5.32 Å². The average molecular weight is 392 g/mol. The fourth-order valence-corrected chi connectivity index (χ4v) is 2.90. The summed E-state index contributed by atoms with van der Waals surface area (Å²) in [6.07, 6.45) is 5.75. The van der Waals surface area contributed by atoms with Crippen molar-refractivity contribution in [3.63, 3.8) is 0 Å². The maximum Gasteiger partial charge on any atom is 0.255 e. The van der Waals surface area contributed by atoms with Crippen molar-refractivity contribution in [1.29, 1.82) is 0 Å². The normalized spacial score (nSPS) is 11.3. The fraction of sp³-hybridized carbons (Fsp3) is 0.269. The molecule has 0 unspecified atom stereocenters. The van der Waals surface area contributed by atoms with E-state index in [0.29, 0.717) is 17.2 Å². The highest BCUT2D eigenvalue weighted by Gasteiger charge is 2.08. The fourth-order valence-electron chi connectivity index (χ4n) is 2.90. The molecule has 2 nitrogen and oxygen atoms in total. The van der Waals surface area contributed by atoms with Crippen molar-refractivity contribution in [2.45, 2.75) is 40.5 Å². The number of hydrogen-bond donors (Lipinski definition) is 1. The van der Waals surface area contributed by atoms with Crippen LogP contribution in [0.3, 0.4) is 0 Å². The predicted octanol–water partition coefficient (Wildman–Crippen LogP) is 7.07. The third-order valence-electron chi connectivity index (χ3n) is 4.77. The monoisotopic (exact) mass is 391 g/mol. The van der Waals surface area contributed by atoms with Crippen molar-refractivity contribution < 1.29 is 9.18 Å². The Balaban J connectivity index is 2.13. The van der Waals surface area contributed by atoms with E-state index in [-0.39, 0.29) is 11.7 Å². The molecule has 1 N–H and O–H groups in total. The molecule has 0 aromatic heterocycles. The Morgan fingerprint density at radius 3 is 2.07 bits per heavy atom. The Morgan fingerprint density at radius 1 is 1.03 bits per heavy atom. The molecule has 152 valence electrons. The second-order valence-electron chi connectivity index (χ2n) is 7.80. The maximum absolute atomic E-state index is 13.1. The Bertz CT molecular complexity index is 899. The summed E-state index contributed by atoms with van der Waals surface area (Å²) < 4.78 is 13.1. The van der Waals surface area contributed by atoms with Crippen LogP contribution in [-0.4, -0.2) is 5.91 Å². The minimum absolute atomic E-state index is 0.182. The van der Waals surface area contributed by atoms with Gasteiger partial charge in [-0.1, -0.05) is 50.3 Å². The number of amides is 1. The van der Waals surface area contributed by atoms with Crippen molar-refractivity contribution >= 4 is 5.91 Å². The van der Waals surface area contributed by atoms with Crippen molar-refractivity contribution in [1.82, 2.24) is 5.32 Å². The van der Waals surface area contributed by atoms with Gasteiger partial charge in [-0.15, -0.1) is 0 Å². The zero-order valence-corrected chi connectivity index (χ0v) is 17.8. The molecule has 0 aliphatic heterocycles. The number of rotatable bonds is 8. The average Bonchev–Trinajstić information content (AvgIpc) is 2.70. The van der Waals surface area contributed by atoms with E-state index < -0.39 is 0 Å². The summed E-state index contributed by atoms with van der Waals surface area (Å²) in [5.74, 6) is 0.176. The van der Waals surface area contributed by atoms with E-state index in [4.69, 9.17) is 0 Å². The van der Waals surface area contributed by atoms with Crippen LogP contribution in [0.25, 0.3) is 11.1 Å². The van der Waals surface area contributed by atoms with E-state index in [0.717, 1.165) is 24.0 Å². The molecule has 2 aromatic rings. The summed E-state index contributed by atoms with van der Waals surface area (Å²) >= 11 is 0. The van der Waals surface area contributed by atoms with Crippen molar-refractivity contribution in [2.75, 3.05) is 0 Å². The second-order valence-corrected chi connectivity index (χ2v) is 7.80. The lowest BCUT2D eigenvalue weighted by molar-refractivity contribution is 0.0967. The van der Waals surface area contributed by atoms with Crippen LogP contribution in [0.15, 0.2) is 84.1 Å². The largest absolute Gasteiger partial charge is 0.322 e. The molecule has 29 heavy (non-hydrogen) atoms. The molecule has 0 aliphatic rings. The van der Waals surface area contributed by atoms with Gasteiger partial charge in [0.2, 0.25) is 0 Å². The first kappa shape index (κ1) is 22.4. The molecule has 2 aromatic carbocycles. The standard InChI is InChI=1S/C26H30FNO/c1-6-25(17-23(19(4)5)8-7-18(2)3)28-26(29)22-11-9-20(10-12-22)21-13-15-24(27)16-14-21/h6,9-18H,1,7-8H2,2-5H3,(H,28,29)/b25-17+. The quantitative estimate of drug-likeness (QED) is 0.479. The van der Waals surface area contributed by atoms with Gasteiger partial charge in [-0.25, -0.2) is 4.39 Å². The summed E-state index contributed by atoms with van der Waals surface area (Å²) in [6.45, 7) is 12.4. The number of halogens is 1. The van der Waals surface area contributed by atoms with Crippen molar-refractivity contribution in [3.05, 3.63) is 95.5 Å². The topological polar surface area (TPSA) is 29.1 Å². The molecule has 0 saturated heterocycles. The SMILES string of the molecule is C=C/C(=C\C(CCC(C)C)=C(C)C)NC(=O)c1ccc(-c2ccc(F)cc2)cc1. The van der Waals surface area contributed by atoms with Gasteiger partial charge in [-0.3, -0.25) is 4.79 Å². The summed E-state index contributed by atoms with van der Waals surface area (Å²) in [5, 5.41) is 2.94. The molecule has 2 rings (SSSR count). The van der Waals surface area contributed by atoms with E-state index in [1.165, 1.54) is 23.3 Å². The predicted molar refractivity (Wildman–Crippen MR) is 120 cm³/mol. The molecule has 0 radical (unpaired) electrons. The van der Waals surface area contributed by atoms with Crippen LogP contribution in [0.1, 0.15) is 50.9 Å². The minimum atomic E-state index is -0.266. The van der Waals surface area contributed by atoms with Crippen LogP contribution >= 0.6 is 0 Å². The lowest BCUT2D eigenvalue weighted by Crippen LogP contribution is -2.22. The van der Waals surface area contributed by atoms with Gasteiger partial charge in [-0.05, 0) is 85.7 Å². The van der Waals surface area contributed by atoms with Gasteiger partial charge in [0, 0.05) is 11.3 Å². The van der Waals surface area contributed by atoms with E-state index in [2.05, 4.69) is 39.6 Å². The number of carbonyl (C=O) groups is 1. The van der Waals surface area contributed by atoms with Gasteiger partial charge >= 0.3 is 0 Å². The maximum atomic E-state index is 13.1. The second kappa shape index (κ2) is 10.6. The molecular formula is C26H30FNO. The van der Waals surface area contributed by atoms with E-state index in [9.17, 15) is 9.18 Å². The van der Waals surface area contributed by atoms with Crippen LogP contribution in [0.5, 0.6) is 0 Å². The van der Waals surface area contributed by atoms with Gasteiger partial charge in [0.25, 0.3) is 5.91 Å². The van der Waals surface area contributed by atoms with E-state index >= 15 is 0 Å². The number of nitrogens with one attached hydrogen (secondary N) is 1. The molecule has 0 atom stereocenters. The lowest BCUT2D eigenvalue weighted by atomic mass is 9.98. The van der Waals surface area contributed by atoms with Gasteiger partial charge < -0.3 is 5.32 Å². The van der Waals surface area contributed by atoms with E-state index in [1.807, 2.05) is 18.2 Å². The summed E-state index contributed by atoms with van der Waals surface area (Å²) in [7, 11) is 0. The number of hydrogen-bond acceptors (Lipinski definition) is 1. The highest BCUT2D eigenvalue weighted by molar-refractivity contribution is 5.96. The molecule has 0 saturated carbocycles. The highest BCUT2D eigenvalue weighted by atomic mass is 19.1. The Labute approximate surface area is 173 Å². The van der Waals surface area contributed by atoms with Gasteiger partial charge in [0.05, 0.1) is 0 Å². The molecule has 1 amide bonds. The van der Waals surface area contributed by atoms with E-state index in [1.54, 1.807) is 30.3 Å².